The standard InChI is InChI=1S/C12H13NOS/c13-8-10-3-5-11(6-4-10)14-12-2-1-7-15-9-12/h3-6,12H,1-2,7,9H2. The molecule has 0 saturated carbocycles. The monoisotopic (exact) mass is 219 g/mol. The molecular weight excluding hydrogens is 206 g/mol. The molecule has 1 fully saturated rings. The maximum atomic E-state index is 8.66. The van der Waals surface area contributed by atoms with Crippen LogP contribution in [-0.4, -0.2) is 17.6 Å². The van der Waals surface area contributed by atoms with Crippen molar-refractivity contribution < 1.29 is 4.74 Å². The van der Waals surface area contributed by atoms with Gasteiger partial charge in [-0.05, 0) is 42.9 Å². The van der Waals surface area contributed by atoms with E-state index in [1.165, 1.54) is 12.2 Å². The van der Waals surface area contributed by atoms with Crippen molar-refractivity contribution in [3.8, 4) is 11.8 Å². The van der Waals surface area contributed by atoms with Gasteiger partial charge in [0.15, 0.2) is 0 Å². The summed E-state index contributed by atoms with van der Waals surface area (Å²) in [5.74, 6) is 3.22. The second-order valence-electron chi connectivity index (χ2n) is 3.59. The highest BCUT2D eigenvalue weighted by Gasteiger charge is 2.14. The zero-order chi connectivity index (χ0) is 10.5. The van der Waals surface area contributed by atoms with Crippen LogP contribution in [0.3, 0.4) is 0 Å². The molecule has 1 aromatic rings. The normalized spacial score (nSPS) is 20.6. The number of nitrogens with zero attached hydrogens (tertiary/aromatic N) is 1. The van der Waals surface area contributed by atoms with Gasteiger partial charge in [0.2, 0.25) is 0 Å². The van der Waals surface area contributed by atoms with Crippen molar-refractivity contribution in [1.29, 1.82) is 5.26 Å². The number of rotatable bonds is 2. The van der Waals surface area contributed by atoms with Crippen LogP contribution in [0.25, 0.3) is 0 Å². The minimum absolute atomic E-state index is 0.344. The molecule has 0 amide bonds. The number of hydrogen-bond donors (Lipinski definition) is 0. The Morgan fingerprint density at radius 1 is 1.33 bits per heavy atom. The quantitative estimate of drug-likeness (QED) is 0.766. The van der Waals surface area contributed by atoms with Crippen molar-refractivity contribution in [2.45, 2.75) is 18.9 Å². The molecule has 1 heterocycles. The summed E-state index contributed by atoms with van der Waals surface area (Å²) in [6.45, 7) is 0. The number of thioether (sulfide) groups is 1. The molecule has 0 aliphatic carbocycles. The number of ether oxygens (including phenoxy) is 1. The Balaban J connectivity index is 1.95. The third kappa shape index (κ3) is 2.90. The Morgan fingerprint density at radius 2 is 2.13 bits per heavy atom. The topological polar surface area (TPSA) is 33.0 Å². The first-order valence-corrected chi connectivity index (χ1v) is 6.28. The molecule has 0 spiro atoms. The fourth-order valence-corrected chi connectivity index (χ4v) is 2.64. The van der Waals surface area contributed by atoms with Gasteiger partial charge in [-0.3, -0.25) is 0 Å². The molecule has 1 aliphatic rings. The molecule has 0 N–H and O–H groups in total. The first-order valence-electron chi connectivity index (χ1n) is 5.13. The molecule has 0 aromatic heterocycles. The lowest BCUT2D eigenvalue weighted by Gasteiger charge is -2.22. The van der Waals surface area contributed by atoms with Crippen LogP contribution in [-0.2, 0) is 0 Å². The maximum absolute atomic E-state index is 8.66. The van der Waals surface area contributed by atoms with E-state index < -0.39 is 0 Å². The lowest BCUT2D eigenvalue weighted by molar-refractivity contribution is 0.211. The third-order valence-corrected chi connectivity index (χ3v) is 3.59. The van der Waals surface area contributed by atoms with E-state index in [1.807, 2.05) is 23.9 Å². The molecule has 1 unspecified atom stereocenters. The molecule has 0 radical (unpaired) electrons. The van der Waals surface area contributed by atoms with E-state index in [1.54, 1.807) is 12.1 Å². The van der Waals surface area contributed by atoms with Gasteiger partial charge in [-0.1, -0.05) is 0 Å². The van der Waals surface area contributed by atoms with E-state index in [0.717, 1.165) is 17.9 Å². The highest BCUT2D eigenvalue weighted by molar-refractivity contribution is 7.99. The van der Waals surface area contributed by atoms with Gasteiger partial charge in [-0.2, -0.15) is 17.0 Å². The van der Waals surface area contributed by atoms with Crippen LogP contribution >= 0.6 is 11.8 Å². The van der Waals surface area contributed by atoms with Gasteiger partial charge >= 0.3 is 0 Å². The summed E-state index contributed by atoms with van der Waals surface area (Å²) in [5, 5.41) is 8.66. The summed E-state index contributed by atoms with van der Waals surface area (Å²) in [7, 11) is 0. The largest absolute Gasteiger partial charge is 0.490 e. The van der Waals surface area contributed by atoms with Crippen LogP contribution < -0.4 is 4.74 Å². The lowest BCUT2D eigenvalue weighted by atomic mass is 10.2. The Hall–Kier alpha value is -1.14. The molecule has 15 heavy (non-hydrogen) atoms. The fraction of sp³-hybridized carbons (Fsp3) is 0.417. The Bertz CT molecular complexity index is 349. The summed E-state index contributed by atoms with van der Waals surface area (Å²) in [4.78, 5) is 0. The predicted octanol–water partition coefficient (Wildman–Crippen LogP) is 2.83. The minimum Gasteiger partial charge on any atom is -0.490 e. The van der Waals surface area contributed by atoms with Crippen LogP contribution in [0.15, 0.2) is 24.3 Å². The van der Waals surface area contributed by atoms with Gasteiger partial charge in [-0.25, -0.2) is 0 Å². The third-order valence-electron chi connectivity index (χ3n) is 2.40. The maximum Gasteiger partial charge on any atom is 0.119 e. The zero-order valence-corrected chi connectivity index (χ0v) is 9.30. The highest BCUT2D eigenvalue weighted by Crippen LogP contribution is 2.22. The van der Waals surface area contributed by atoms with E-state index in [-0.39, 0.29) is 0 Å². The van der Waals surface area contributed by atoms with Gasteiger partial charge in [0, 0.05) is 5.75 Å². The Kier molecular flexibility index (Phi) is 3.52. The van der Waals surface area contributed by atoms with Crippen LogP contribution in [0.5, 0.6) is 5.75 Å². The summed E-state index contributed by atoms with van der Waals surface area (Å²) in [6.07, 6.45) is 2.73. The molecule has 2 nitrogen and oxygen atoms in total. The van der Waals surface area contributed by atoms with Gasteiger partial charge in [0.05, 0.1) is 11.6 Å². The second-order valence-corrected chi connectivity index (χ2v) is 4.74. The van der Waals surface area contributed by atoms with Crippen LogP contribution in [0.1, 0.15) is 18.4 Å². The van der Waals surface area contributed by atoms with E-state index in [0.29, 0.717) is 11.7 Å². The van der Waals surface area contributed by atoms with E-state index in [2.05, 4.69) is 6.07 Å². The van der Waals surface area contributed by atoms with E-state index in [9.17, 15) is 0 Å². The first-order chi connectivity index (χ1) is 7.38. The minimum atomic E-state index is 0.344. The average molecular weight is 219 g/mol. The van der Waals surface area contributed by atoms with Crippen molar-refractivity contribution in [3.63, 3.8) is 0 Å². The molecule has 0 bridgehead atoms. The molecule has 1 aliphatic heterocycles. The number of hydrogen-bond acceptors (Lipinski definition) is 3. The zero-order valence-electron chi connectivity index (χ0n) is 8.48. The van der Waals surface area contributed by atoms with Gasteiger partial charge in [-0.15, -0.1) is 0 Å². The second kappa shape index (κ2) is 5.09. The number of nitriles is 1. The average Bonchev–Trinajstić information content (AvgIpc) is 2.31. The molecule has 78 valence electrons. The summed E-state index contributed by atoms with van der Waals surface area (Å²) in [5.41, 5.74) is 0.681. The van der Waals surface area contributed by atoms with Crippen molar-refractivity contribution in [3.05, 3.63) is 29.8 Å². The SMILES string of the molecule is N#Cc1ccc(OC2CCCSC2)cc1. The number of benzene rings is 1. The molecule has 1 saturated heterocycles. The van der Waals surface area contributed by atoms with Gasteiger partial charge in [0.1, 0.15) is 11.9 Å². The Labute approximate surface area is 94.2 Å². The van der Waals surface area contributed by atoms with Crippen molar-refractivity contribution >= 4 is 11.8 Å². The first kappa shape index (κ1) is 10.4. The van der Waals surface area contributed by atoms with E-state index >= 15 is 0 Å². The van der Waals surface area contributed by atoms with Gasteiger partial charge in [0.25, 0.3) is 0 Å². The lowest BCUT2D eigenvalue weighted by Crippen LogP contribution is -2.23. The highest BCUT2D eigenvalue weighted by atomic mass is 32.2. The molecule has 1 atom stereocenters. The van der Waals surface area contributed by atoms with Gasteiger partial charge < -0.3 is 4.74 Å². The molecule has 1 aromatic carbocycles. The van der Waals surface area contributed by atoms with Crippen molar-refractivity contribution in [1.82, 2.24) is 0 Å². The summed E-state index contributed by atoms with van der Waals surface area (Å²) in [6, 6.07) is 9.44. The van der Waals surface area contributed by atoms with E-state index in [4.69, 9.17) is 10.00 Å². The van der Waals surface area contributed by atoms with Crippen molar-refractivity contribution in [2.24, 2.45) is 0 Å². The van der Waals surface area contributed by atoms with Crippen molar-refractivity contribution in [2.75, 3.05) is 11.5 Å². The summed E-state index contributed by atoms with van der Waals surface area (Å²) >= 11 is 1.95. The van der Waals surface area contributed by atoms with Crippen LogP contribution in [0.2, 0.25) is 0 Å². The fourth-order valence-electron chi connectivity index (χ4n) is 1.60. The summed E-state index contributed by atoms with van der Waals surface area (Å²) < 4.78 is 5.82. The van der Waals surface area contributed by atoms with Crippen LogP contribution in [0.4, 0.5) is 0 Å². The molecular formula is C12H13NOS. The van der Waals surface area contributed by atoms with Crippen LogP contribution in [0, 0.1) is 11.3 Å². The predicted molar refractivity (Wildman–Crippen MR) is 62.1 cm³/mol. The molecule has 3 heteroatoms. The molecule has 2 rings (SSSR count). The Morgan fingerprint density at radius 3 is 2.73 bits per heavy atom. The smallest absolute Gasteiger partial charge is 0.119 e.